The van der Waals surface area contributed by atoms with Crippen molar-refractivity contribution in [3.63, 3.8) is 0 Å². The first-order valence-electron chi connectivity index (χ1n) is 7.90. The van der Waals surface area contributed by atoms with E-state index in [2.05, 4.69) is 10.6 Å². The van der Waals surface area contributed by atoms with Crippen molar-refractivity contribution in [2.75, 3.05) is 6.54 Å². The van der Waals surface area contributed by atoms with E-state index < -0.39 is 29.2 Å². The van der Waals surface area contributed by atoms with Gasteiger partial charge in [-0.15, -0.1) is 0 Å². The summed E-state index contributed by atoms with van der Waals surface area (Å²) in [4.78, 5) is 38.4. The number of carbonyl (C=O) groups is 3. The summed E-state index contributed by atoms with van der Waals surface area (Å²) in [7, 11) is 0. The molecule has 4 rings (SSSR count). The maximum Gasteiger partial charge on any atom is 0.322 e. The minimum atomic E-state index is -1.63. The van der Waals surface area contributed by atoms with E-state index in [0.717, 1.165) is 6.07 Å². The van der Waals surface area contributed by atoms with Gasteiger partial charge >= 0.3 is 6.03 Å². The van der Waals surface area contributed by atoms with Crippen molar-refractivity contribution < 1.29 is 23.9 Å². The van der Waals surface area contributed by atoms with Crippen LogP contribution >= 0.6 is 0 Å². The van der Waals surface area contributed by atoms with E-state index in [4.69, 9.17) is 0 Å². The van der Waals surface area contributed by atoms with Gasteiger partial charge in [0.15, 0.2) is 5.54 Å². The predicted octanol–water partition coefficient (Wildman–Crippen LogP) is 1.22. The highest BCUT2D eigenvalue weighted by atomic mass is 19.1. The summed E-state index contributed by atoms with van der Waals surface area (Å²) in [6.07, 6.45) is 0. The van der Waals surface area contributed by atoms with Crippen LogP contribution < -0.4 is 10.6 Å². The van der Waals surface area contributed by atoms with Gasteiger partial charge in [-0.1, -0.05) is 24.3 Å². The van der Waals surface area contributed by atoms with Crippen molar-refractivity contribution in [3.8, 4) is 5.75 Å². The number of hydrogen-bond donors (Lipinski definition) is 3. The second-order valence-corrected chi connectivity index (χ2v) is 6.29. The van der Waals surface area contributed by atoms with Crippen LogP contribution in [0, 0.1) is 5.82 Å². The Balaban J connectivity index is 1.74. The summed E-state index contributed by atoms with van der Waals surface area (Å²) >= 11 is 0. The number of rotatable bonds is 3. The maximum absolute atomic E-state index is 13.4. The number of benzene rings is 2. The largest absolute Gasteiger partial charge is 0.508 e. The Morgan fingerprint density at radius 3 is 2.62 bits per heavy atom. The molecule has 26 heavy (non-hydrogen) atoms. The Hall–Kier alpha value is -3.42. The molecule has 1 unspecified atom stereocenters. The number of fused-ring (bicyclic) bond motifs is 1. The van der Waals surface area contributed by atoms with E-state index in [0.29, 0.717) is 5.56 Å². The average molecular weight is 355 g/mol. The van der Waals surface area contributed by atoms with Crippen molar-refractivity contribution in [1.29, 1.82) is 0 Å². The second-order valence-electron chi connectivity index (χ2n) is 6.29. The first-order valence-corrected chi connectivity index (χ1v) is 7.90. The molecule has 0 aromatic heterocycles. The number of phenolic OH excluding ortho intramolecular Hbond substituents is 1. The molecule has 2 aliphatic heterocycles. The van der Waals surface area contributed by atoms with Gasteiger partial charge in [0.1, 0.15) is 11.6 Å². The number of imide groups is 1. The molecule has 132 valence electrons. The zero-order valence-corrected chi connectivity index (χ0v) is 13.5. The highest BCUT2D eigenvalue weighted by Gasteiger charge is 2.51. The molecule has 4 amide bonds. The third-order valence-electron chi connectivity index (χ3n) is 4.68. The Kier molecular flexibility index (Phi) is 3.43. The fourth-order valence-electron chi connectivity index (χ4n) is 3.46. The van der Waals surface area contributed by atoms with Crippen molar-refractivity contribution in [2.24, 2.45) is 0 Å². The quantitative estimate of drug-likeness (QED) is 0.721. The van der Waals surface area contributed by atoms with Crippen LogP contribution in [-0.2, 0) is 16.9 Å². The van der Waals surface area contributed by atoms with Crippen LogP contribution in [0.25, 0.3) is 0 Å². The minimum absolute atomic E-state index is 0.174. The van der Waals surface area contributed by atoms with Crippen molar-refractivity contribution in [3.05, 3.63) is 65.0 Å². The molecular formula is C18H14FN3O4. The summed E-state index contributed by atoms with van der Waals surface area (Å²) < 4.78 is 13.4. The third-order valence-corrected chi connectivity index (χ3v) is 4.68. The van der Waals surface area contributed by atoms with Gasteiger partial charge < -0.3 is 15.3 Å². The van der Waals surface area contributed by atoms with E-state index in [1.807, 2.05) is 0 Å². The van der Waals surface area contributed by atoms with Gasteiger partial charge in [-0.3, -0.25) is 14.9 Å². The number of nitrogens with one attached hydrogen (secondary N) is 2. The maximum atomic E-state index is 13.4. The number of nitrogens with zero attached hydrogens (tertiary/aromatic N) is 1. The van der Waals surface area contributed by atoms with Gasteiger partial charge in [0.05, 0.1) is 6.54 Å². The Morgan fingerprint density at radius 1 is 1.15 bits per heavy atom. The molecule has 7 nitrogen and oxygen atoms in total. The molecule has 1 atom stereocenters. The van der Waals surface area contributed by atoms with Gasteiger partial charge in [-0.2, -0.15) is 0 Å². The number of hydrogen-bond acceptors (Lipinski definition) is 4. The number of halogens is 1. The predicted molar refractivity (Wildman–Crippen MR) is 87.6 cm³/mol. The molecule has 0 bridgehead atoms. The van der Waals surface area contributed by atoms with Gasteiger partial charge in [-0.05, 0) is 23.8 Å². The van der Waals surface area contributed by atoms with Crippen molar-refractivity contribution in [1.82, 2.24) is 15.5 Å². The molecule has 0 aliphatic carbocycles. The normalized spacial score (nSPS) is 21.6. The SMILES string of the molecule is O=C1NC(=O)C(CN2Cc3ccc(F)cc3C2=O)(c2ccccc2O)N1. The highest BCUT2D eigenvalue weighted by Crippen LogP contribution is 2.35. The number of aromatic hydroxyl groups is 1. The van der Waals surface area contributed by atoms with E-state index in [1.54, 1.807) is 12.1 Å². The molecule has 0 radical (unpaired) electrons. The summed E-state index contributed by atoms with van der Waals surface area (Å²) in [6.45, 7) is -0.0236. The molecule has 2 aliphatic rings. The van der Waals surface area contributed by atoms with Crippen molar-refractivity contribution in [2.45, 2.75) is 12.1 Å². The molecule has 2 aromatic rings. The highest BCUT2D eigenvalue weighted by molar-refractivity contribution is 6.08. The van der Waals surface area contributed by atoms with Gasteiger partial charge in [0.2, 0.25) is 0 Å². The van der Waals surface area contributed by atoms with Crippen LogP contribution in [0.1, 0.15) is 21.5 Å². The lowest BCUT2D eigenvalue weighted by Crippen LogP contribution is -2.52. The average Bonchev–Trinajstić information content (AvgIpc) is 3.05. The fraction of sp³-hybridized carbons (Fsp3) is 0.167. The van der Waals surface area contributed by atoms with Gasteiger partial charge in [0.25, 0.3) is 11.8 Å². The standard InChI is InChI=1S/C18H14FN3O4/c19-11-6-5-10-8-22(15(24)12(10)7-11)9-18(16(25)20-17(26)21-18)13-3-1-2-4-14(13)23/h1-7,23H,8-9H2,(H2,20,21,25,26). The smallest absolute Gasteiger partial charge is 0.322 e. The lowest BCUT2D eigenvalue weighted by Gasteiger charge is -2.31. The number of carbonyl (C=O) groups excluding carboxylic acids is 3. The number of amides is 4. The third kappa shape index (κ3) is 2.30. The fourth-order valence-corrected chi connectivity index (χ4v) is 3.46. The molecule has 8 heteroatoms. The molecule has 1 fully saturated rings. The Bertz CT molecular complexity index is 961. The lowest BCUT2D eigenvalue weighted by atomic mass is 9.88. The first-order chi connectivity index (χ1) is 12.4. The molecule has 2 heterocycles. The monoisotopic (exact) mass is 355 g/mol. The molecule has 2 aromatic carbocycles. The number of urea groups is 1. The van der Waals surface area contributed by atoms with Crippen LogP contribution in [-0.4, -0.2) is 34.4 Å². The zero-order chi connectivity index (χ0) is 18.5. The summed E-state index contributed by atoms with van der Waals surface area (Å²) in [6, 6.07) is 9.32. The van der Waals surface area contributed by atoms with Crippen molar-refractivity contribution >= 4 is 17.8 Å². The first kappa shape index (κ1) is 16.1. The Morgan fingerprint density at radius 2 is 1.92 bits per heavy atom. The summed E-state index contributed by atoms with van der Waals surface area (Å²) in [5.41, 5.74) is -0.590. The second kappa shape index (κ2) is 5.55. The van der Waals surface area contributed by atoms with E-state index in [-0.39, 0.29) is 30.0 Å². The van der Waals surface area contributed by atoms with E-state index in [9.17, 15) is 23.9 Å². The van der Waals surface area contributed by atoms with E-state index in [1.165, 1.54) is 29.2 Å². The van der Waals surface area contributed by atoms with Crippen LogP contribution in [0.3, 0.4) is 0 Å². The Labute approximate surface area is 147 Å². The van der Waals surface area contributed by atoms with Gasteiger partial charge in [0, 0.05) is 17.7 Å². The van der Waals surface area contributed by atoms with Crippen LogP contribution in [0.5, 0.6) is 5.75 Å². The minimum Gasteiger partial charge on any atom is -0.508 e. The van der Waals surface area contributed by atoms with Gasteiger partial charge in [-0.25, -0.2) is 9.18 Å². The molecular weight excluding hydrogens is 341 g/mol. The summed E-state index contributed by atoms with van der Waals surface area (Å²) in [5, 5.41) is 14.9. The molecule has 1 saturated heterocycles. The molecule has 0 spiro atoms. The van der Waals surface area contributed by atoms with Crippen LogP contribution in [0.15, 0.2) is 42.5 Å². The van der Waals surface area contributed by atoms with E-state index >= 15 is 0 Å². The lowest BCUT2D eigenvalue weighted by molar-refractivity contribution is -0.124. The zero-order valence-electron chi connectivity index (χ0n) is 13.5. The molecule has 3 N–H and O–H groups in total. The van der Waals surface area contributed by atoms with Crippen LogP contribution in [0.2, 0.25) is 0 Å². The number of para-hydroxylation sites is 1. The summed E-state index contributed by atoms with van der Waals surface area (Å²) in [5.74, 6) is -1.82. The van der Waals surface area contributed by atoms with Crippen LogP contribution in [0.4, 0.5) is 9.18 Å². The number of phenols is 1. The molecule has 0 saturated carbocycles. The topological polar surface area (TPSA) is 98.7 Å².